The minimum absolute atomic E-state index is 0.442. The van der Waals surface area contributed by atoms with Crippen LogP contribution in [0.25, 0.3) is 0 Å². The van der Waals surface area contributed by atoms with Gasteiger partial charge in [0.25, 0.3) is 0 Å². The average Bonchev–Trinajstić information content (AvgIpc) is 2.26. The van der Waals surface area contributed by atoms with Crippen LogP contribution >= 0.6 is 0 Å². The van der Waals surface area contributed by atoms with Crippen LogP contribution in [0.2, 0.25) is 0 Å². The van der Waals surface area contributed by atoms with Gasteiger partial charge in [-0.05, 0) is 6.92 Å². The molecule has 0 bridgehead atoms. The quantitative estimate of drug-likeness (QED) is 0.638. The molecule has 82 valence electrons. The third-order valence-corrected chi connectivity index (χ3v) is 1.91. The number of carbonyl (C=O) groups is 1. The first-order valence-electron chi connectivity index (χ1n) is 4.58. The summed E-state index contributed by atoms with van der Waals surface area (Å²) in [5.41, 5.74) is 0.849. The Bertz CT molecular complexity index is 325. The Labute approximate surface area is 87.8 Å². The number of hydrogen-bond donors (Lipinski definition) is 3. The zero-order valence-corrected chi connectivity index (χ0v) is 8.69. The van der Waals surface area contributed by atoms with Crippen molar-refractivity contribution in [3.05, 3.63) is 18.0 Å². The van der Waals surface area contributed by atoms with Crippen LogP contribution in [0.3, 0.4) is 0 Å². The Morgan fingerprint density at radius 3 is 2.60 bits per heavy atom. The van der Waals surface area contributed by atoms with Gasteiger partial charge in [-0.15, -0.1) is 0 Å². The van der Waals surface area contributed by atoms with Crippen molar-refractivity contribution < 1.29 is 9.90 Å². The number of nitrogens with one attached hydrogen (secondary N) is 2. The molecule has 6 heteroatoms. The molecule has 0 aliphatic carbocycles. The van der Waals surface area contributed by atoms with E-state index in [2.05, 4.69) is 20.6 Å². The van der Waals surface area contributed by atoms with E-state index in [9.17, 15) is 4.79 Å². The number of aliphatic carboxylic acids is 1. The predicted octanol–water partition coefficient (Wildman–Crippen LogP) is 0.0810. The fourth-order valence-electron chi connectivity index (χ4n) is 0.933. The minimum atomic E-state index is -0.872. The van der Waals surface area contributed by atoms with E-state index in [1.54, 1.807) is 26.4 Å². The Morgan fingerprint density at radius 2 is 2.13 bits per heavy atom. The second-order valence-corrected chi connectivity index (χ2v) is 3.11. The molecule has 0 saturated heterocycles. The average molecular weight is 210 g/mol. The van der Waals surface area contributed by atoms with Gasteiger partial charge in [-0.2, -0.15) is 0 Å². The maximum Gasteiger partial charge on any atom is 0.320 e. The second kappa shape index (κ2) is 5.26. The van der Waals surface area contributed by atoms with E-state index in [4.69, 9.17) is 5.11 Å². The van der Waals surface area contributed by atoms with E-state index < -0.39 is 12.0 Å². The third-order valence-electron chi connectivity index (χ3n) is 1.91. The predicted molar refractivity (Wildman–Crippen MR) is 55.5 cm³/mol. The van der Waals surface area contributed by atoms with Gasteiger partial charge >= 0.3 is 5.97 Å². The van der Waals surface area contributed by atoms with Gasteiger partial charge in [-0.3, -0.25) is 4.79 Å². The van der Waals surface area contributed by atoms with Crippen LogP contribution in [0.15, 0.2) is 12.4 Å². The number of rotatable bonds is 5. The van der Waals surface area contributed by atoms with E-state index in [0.29, 0.717) is 12.5 Å². The first kappa shape index (κ1) is 11.4. The summed E-state index contributed by atoms with van der Waals surface area (Å²) in [6.07, 6.45) is 3.31. The first-order valence-corrected chi connectivity index (χ1v) is 4.58. The molecule has 15 heavy (non-hydrogen) atoms. The SMILES string of the molecule is CNc1ncc(CNC(C)C(=O)O)cn1. The van der Waals surface area contributed by atoms with E-state index in [-0.39, 0.29) is 0 Å². The lowest BCUT2D eigenvalue weighted by Gasteiger charge is -2.08. The van der Waals surface area contributed by atoms with Crippen LogP contribution in [0.1, 0.15) is 12.5 Å². The molecular formula is C9H14N4O2. The first-order chi connectivity index (χ1) is 7.13. The van der Waals surface area contributed by atoms with Crippen molar-refractivity contribution in [2.75, 3.05) is 12.4 Å². The third kappa shape index (κ3) is 3.51. The smallest absolute Gasteiger partial charge is 0.320 e. The topological polar surface area (TPSA) is 87.1 Å². The Morgan fingerprint density at radius 1 is 1.53 bits per heavy atom. The van der Waals surface area contributed by atoms with Gasteiger partial charge in [-0.1, -0.05) is 0 Å². The zero-order chi connectivity index (χ0) is 11.3. The van der Waals surface area contributed by atoms with Crippen LogP contribution in [0.4, 0.5) is 5.95 Å². The largest absolute Gasteiger partial charge is 0.480 e. The lowest BCUT2D eigenvalue weighted by Crippen LogP contribution is -2.33. The molecule has 0 aliphatic rings. The lowest BCUT2D eigenvalue weighted by atomic mass is 10.3. The van der Waals surface area contributed by atoms with E-state index in [1.165, 1.54) is 0 Å². The van der Waals surface area contributed by atoms with Crippen molar-refractivity contribution in [3.63, 3.8) is 0 Å². The lowest BCUT2D eigenvalue weighted by molar-refractivity contribution is -0.139. The standard InChI is InChI=1S/C9H14N4O2/c1-6(8(14)15)11-3-7-4-12-9(10-2)13-5-7/h4-6,11H,3H2,1-2H3,(H,14,15)(H,10,12,13). The Hall–Kier alpha value is -1.69. The highest BCUT2D eigenvalue weighted by molar-refractivity contribution is 5.72. The van der Waals surface area contributed by atoms with Crippen LogP contribution < -0.4 is 10.6 Å². The fraction of sp³-hybridized carbons (Fsp3) is 0.444. The number of nitrogens with zero attached hydrogens (tertiary/aromatic N) is 2. The minimum Gasteiger partial charge on any atom is -0.480 e. The summed E-state index contributed by atoms with van der Waals surface area (Å²) in [7, 11) is 1.74. The summed E-state index contributed by atoms with van der Waals surface area (Å²) < 4.78 is 0. The molecule has 0 fully saturated rings. The summed E-state index contributed by atoms with van der Waals surface area (Å²) in [6, 6.07) is -0.575. The molecule has 1 aromatic heterocycles. The summed E-state index contributed by atoms with van der Waals surface area (Å²) in [5.74, 6) is -0.326. The molecule has 0 radical (unpaired) electrons. The van der Waals surface area contributed by atoms with Crippen molar-refractivity contribution in [1.82, 2.24) is 15.3 Å². The molecule has 0 saturated carbocycles. The molecule has 1 heterocycles. The highest BCUT2D eigenvalue weighted by atomic mass is 16.4. The summed E-state index contributed by atoms with van der Waals surface area (Å²) in [4.78, 5) is 18.5. The number of aromatic nitrogens is 2. The molecule has 1 aromatic rings. The highest BCUT2D eigenvalue weighted by Crippen LogP contribution is 1.99. The van der Waals surface area contributed by atoms with Gasteiger partial charge < -0.3 is 15.7 Å². The molecule has 6 nitrogen and oxygen atoms in total. The normalized spacial score (nSPS) is 12.1. The molecule has 0 amide bonds. The van der Waals surface area contributed by atoms with Crippen LogP contribution in [0, 0.1) is 0 Å². The molecule has 1 rings (SSSR count). The molecular weight excluding hydrogens is 196 g/mol. The maximum atomic E-state index is 10.5. The van der Waals surface area contributed by atoms with Crippen molar-refractivity contribution in [2.24, 2.45) is 0 Å². The Kier molecular flexibility index (Phi) is 3.99. The Balaban J connectivity index is 2.47. The maximum absolute atomic E-state index is 10.5. The van der Waals surface area contributed by atoms with Gasteiger partial charge in [-0.25, -0.2) is 9.97 Å². The molecule has 0 aliphatic heterocycles. The summed E-state index contributed by atoms with van der Waals surface area (Å²) in [6.45, 7) is 2.03. The summed E-state index contributed by atoms with van der Waals surface area (Å²) in [5, 5.41) is 14.3. The number of hydrogen-bond acceptors (Lipinski definition) is 5. The van der Waals surface area contributed by atoms with E-state index in [1.807, 2.05) is 0 Å². The fourth-order valence-corrected chi connectivity index (χ4v) is 0.933. The van der Waals surface area contributed by atoms with Crippen LogP contribution in [-0.4, -0.2) is 34.1 Å². The van der Waals surface area contributed by atoms with Gasteiger partial charge in [0.1, 0.15) is 6.04 Å². The van der Waals surface area contributed by atoms with E-state index >= 15 is 0 Å². The van der Waals surface area contributed by atoms with Crippen molar-refractivity contribution >= 4 is 11.9 Å². The van der Waals surface area contributed by atoms with Crippen molar-refractivity contribution in [3.8, 4) is 0 Å². The van der Waals surface area contributed by atoms with Crippen molar-refractivity contribution in [2.45, 2.75) is 19.5 Å². The van der Waals surface area contributed by atoms with Crippen LogP contribution in [-0.2, 0) is 11.3 Å². The van der Waals surface area contributed by atoms with Gasteiger partial charge in [0.05, 0.1) is 0 Å². The number of anilines is 1. The molecule has 0 aromatic carbocycles. The highest BCUT2D eigenvalue weighted by Gasteiger charge is 2.09. The molecule has 0 spiro atoms. The molecule has 1 atom stereocenters. The molecule has 3 N–H and O–H groups in total. The monoisotopic (exact) mass is 210 g/mol. The van der Waals surface area contributed by atoms with Gasteiger partial charge in [0.15, 0.2) is 0 Å². The van der Waals surface area contributed by atoms with Crippen LogP contribution in [0.5, 0.6) is 0 Å². The number of carboxylic acid groups (broad SMARTS) is 1. The van der Waals surface area contributed by atoms with Crippen molar-refractivity contribution in [1.29, 1.82) is 0 Å². The van der Waals surface area contributed by atoms with Gasteiger partial charge in [0, 0.05) is 31.5 Å². The molecule has 1 unspecified atom stereocenters. The summed E-state index contributed by atoms with van der Waals surface area (Å²) >= 11 is 0. The van der Waals surface area contributed by atoms with E-state index in [0.717, 1.165) is 5.56 Å². The number of carboxylic acids is 1. The second-order valence-electron chi connectivity index (χ2n) is 3.11. The zero-order valence-electron chi connectivity index (χ0n) is 8.69. The van der Waals surface area contributed by atoms with Gasteiger partial charge in [0.2, 0.25) is 5.95 Å².